The van der Waals surface area contributed by atoms with E-state index in [0.29, 0.717) is 19.5 Å². The lowest BCUT2D eigenvalue weighted by Crippen LogP contribution is -2.47. The Morgan fingerprint density at radius 2 is 2.38 bits per heavy atom. The molecule has 3 N–H and O–H groups in total. The van der Waals surface area contributed by atoms with E-state index in [0.717, 1.165) is 6.54 Å². The monoisotopic (exact) mass is 187 g/mol. The van der Waals surface area contributed by atoms with Crippen molar-refractivity contribution in [3.63, 3.8) is 0 Å². The van der Waals surface area contributed by atoms with Crippen molar-refractivity contribution in [2.75, 3.05) is 33.7 Å². The van der Waals surface area contributed by atoms with Crippen LogP contribution in [0.1, 0.15) is 6.42 Å². The molecule has 2 amide bonds. The second-order valence-electron chi connectivity index (χ2n) is 3.70. The first-order valence-corrected chi connectivity index (χ1v) is 4.42. The van der Waals surface area contributed by atoms with Crippen molar-refractivity contribution in [1.82, 2.24) is 15.5 Å². The minimum Gasteiger partial charge on any atom is -0.387 e. The second-order valence-corrected chi connectivity index (χ2v) is 3.70. The van der Waals surface area contributed by atoms with Crippen molar-refractivity contribution in [2.24, 2.45) is 0 Å². The van der Waals surface area contributed by atoms with Crippen molar-refractivity contribution >= 4 is 6.03 Å². The maximum atomic E-state index is 11.1. The van der Waals surface area contributed by atoms with E-state index in [9.17, 15) is 9.90 Å². The molecule has 0 saturated carbocycles. The molecule has 76 valence electrons. The number of rotatable bonds is 2. The first-order valence-electron chi connectivity index (χ1n) is 4.42. The molecule has 1 saturated heterocycles. The summed E-state index contributed by atoms with van der Waals surface area (Å²) in [6.45, 7) is 1.69. The fourth-order valence-corrected chi connectivity index (χ4v) is 1.28. The molecule has 1 aliphatic rings. The maximum Gasteiger partial charge on any atom is 0.316 e. The van der Waals surface area contributed by atoms with Crippen LogP contribution in [-0.4, -0.2) is 55.4 Å². The number of urea groups is 1. The number of hydrogen-bond donors (Lipinski definition) is 3. The minimum atomic E-state index is -0.758. The van der Waals surface area contributed by atoms with Crippen LogP contribution in [0, 0.1) is 0 Å². The third-order valence-corrected chi connectivity index (χ3v) is 2.20. The number of hydrogen-bond acceptors (Lipinski definition) is 3. The quantitative estimate of drug-likeness (QED) is 0.518. The Kier molecular flexibility index (Phi) is 3.11. The van der Waals surface area contributed by atoms with E-state index < -0.39 is 5.60 Å². The Balaban J connectivity index is 2.29. The number of carbonyl (C=O) groups is 1. The van der Waals surface area contributed by atoms with Gasteiger partial charge >= 0.3 is 6.03 Å². The van der Waals surface area contributed by atoms with Gasteiger partial charge in [-0.1, -0.05) is 0 Å². The van der Waals surface area contributed by atoms with Gasteiger partial charge in [0.05, 0.1) is 5.60 Å². The summed E-state index contributed by atoms with van der Waals surface area (Å²) >= 11 is 0. The Hall–Kier alpha value is -0.810. The molecule has 13 heavy (non-hydrogen) atoms. The van der Waals surface area contributed by atoms with Gasteiger partial charge in [0.15, 0.2) is 0 Å². The zero-order chi connectivity index (χ0) is 9.90. The smallest absolute Gasteiger partial charge is 0.316 e. The third kappa shape index (κ3) is 2.86. The summed E-state index contributed by atoms with van der Waals surface area (Å²) in [6, 6.07) is -0.166. The average molecular weight is 187 g/mol. The van der Waals surface area contributed by atoms with Crippen LogP contribution in [0.15, 0.2) is 0 Å². The summed E-state index contributed by atoms with van der Waals surface area (Å²) < 4.78 is 0. The lowest BCUT2D eigenvalue weighted by molar-refractivity contribution is 0.0623. The normalized spacial score (nSPS) is 27.3. The van der Waals surface area contributed by atoms with Crippen LogP contribution in [0.4, 0.5) is 4.79 Å². The molecule has 0 bridgehead atoms. The van der Waals surface area contributed by atoms with Crippen molar-refractivity contribution < 1.29 is 9.90 Å². The van der Waals surface area contributed by atoms with Gasteiger partial charge in [-0.05, 0) is 13.0 Å². The van der Waals surface area contributed by atoms with Gasteiger partial charge in [-0.3, -0.25) is 0 Å². The van der Waals surface area contributed by atoms with Gasteiger partial charge in [0, 0.05) is 27.2 Å². The molecular formula is C8H17N3O2. The van der Waals surface area contributed by atoms with E-state index in [-0.39, 0.29) is 6.03 Å². The molecule has 0 aromatic heterocycles. The lowest BCUT2D eigenvalue weighted by atomic mass is 10.0. The Labute approximate surface area is 78.1 Å². The topological polar surface area (TPSA) is 64.6 Å². The molecule has 1 fully saturated rings. The highest BCUT2D eigenvalue weighted by atomic mass is 16.3. The summed E-state index contributed by atoms with van der Waals surface area (Å²) in [5.41, 5.74) is -0.758. The number of β-amino-alcohol motifs (C(OH)–C–C–N with tert-alkyl or cyclic N) is 1. The molecule has 0 aromatic rings. The Bertz CT molecular complexity index is 188. The van der Waals surface area contributed by atoms with Gasteiger partial charge in [-0.15, -0.1) is 0 Å². The summed E-state index contributed by atoms with van der Waals surface area (Å²) in [4.78, 5) is 12.6. The van der Waals surface area contributed by atoms with Crippen LogP contribution < -0.4 is 10.6 Å². The second kappa shape index (κ2) is 3.93. The Morgan fingerprint density at radius 1 is 1.69 bits per heavy atom. The van der Waals surface area contributed by atoms with Crippen LogP contribution in [0.25, 0.3) is 0 Å². The molecular weight excluding hydrogens is 170 g/mol. The lowest BCUT2D eigenvalue weighted by Gasteiger charge is -2.22. The highest BCUT2D eigenvalue weighted by molar-refractivity contribution is 5.73. The molecule has 1 unspecified atom stereocenters. The average Bonchev–Trinajstić information content (AvgIpc) is 2.48. The van der Waals surface area contributed by atoms with Gasteiger partial charge in [0.2, 0.25) is 0 Å². The molecule has 5 nitrogen and oxygen atoms in total. The number of carbonyl (C=O) groups excluding carboxylic acids is 1. The molecule has 1 rings (SSSR count). The van der Waals surface area contributed by atoms with Gasteiger partial charge in [0.25, 0.3) is 0 Å². The van der Waals surface area contributed by atoms with E-state index in [1.807, 2.05) is 0 Å². The van der Waals surface area contributed by atoms with E-state index in [1.165, 1.54) is 4.90 Å². The number of amides is 2. The maximum absolute atomic E-state index is 11.1. The molecule has 1 aliphatic heterocycles. The summed E-state index contributed by atoms with van der Waals surface area (Å²) in [5.74, 6) is 0. The first kappa shape index (κ1) is 10.3. The largest absolute Gasteiger partial charge is 0.387 e. The highest BCUT2D eigenvalue weighted by Gasteiger charge is 2.31. The number of nitrogens with one attached hydrogen (secondary N) is 2. The summed E-state index contributed by atoms with van der Waals surface area (Å²) in [5, 5.41) is 15.5. The minimum absolute atomic E-state index is 0.166. The van der Waals surface area contributed by atoms with Crippen molar-refractivity contribution in [2.45, 2.75) is 12.0 Å². The predicted octanol–water partition coefficient (Wildman–Crippen LogP) is -1.02. The van der Waals surface area contributed by atoms with E-state index >= 15 is 0 Å². The zero-order valence-corrected chi connectivity index (χ0v) is 8.13. The van der Waals surface area contributed by atoms with Gasteiger partial charge < -0.3 is 20.6 Å². The number of nitrogens with zero attached hydrogens (tertiary/aromatic N) is 1. The van der Waals surface area contributed by atoms with Crippen LogP contribution in [0.2, 0.25) is 0 Å². The molecule has 0 aliphatic carbocycles. The fourth-order valence-electron chi connectivity index (χ4n) is 1.28. The van der Waals surface area contributed by atoms with E-state index in [2.05, 4.69) is 10.6 Å². The van der Waals surface area contributed by atoms with Crippen molar-refractivity contribution in [3.8, 4) is 0 Å². The highest BCUT2D eigenvalue weighted by Crippen LogP contribution is 2.12. The van der Waals surface area contributed by atoms with E-state index in [4.69, 9.17) is 0 Å². The molecule has 1 heterocycles. The van der Waals surface area contributed by atoms with Crippen LogP contribution in [0.5, 0.6) is 0 Å². The first-order chi connectivity index (χ1) is 6.03. The van der Waals surface area contributed by atoms with Gasteiger partial charge in [-0.25, -0.2) is 4.79 Å². The van der Waals surface area contributed by atoms with Crippen LogP contribution >= 0.6 is 0 Å². The molecule has 0 aromatic carbocycles. The third-order valence-electron chi connectivity index (χ3n) is 2.20. The van der Waals surface area contributed by atoms with Crippen molar-refractivity contribution in [1.29, 1.82) is 0 Å². The predicted molar refractivity (Wildman–Crippen MR) is 49.5 cm³/mol. The Morgan fingerprint density at radius 3 is 2.85 bits per heavy atom. The molecule has 0 radical (unpaired) electrons. The SMILES string of the molecule is CN(C)C(=O)NCC1(O)CCNC1. The summed E-state index contributed by atoms with van der Waals surface area (Å²) in [6.07, 6.45) is 0.695. The van der Waals surface area contributed by atoms with Crippen molar-refractivity contribution in [3.05, 3.63) is 0 Å². The van der Waals surface area contributed by atoms with Gasteiger partial charge in [0.1, 0.15) is 0 Å². The van der Waals surface area contributed by atoms with Crippen LogP contribution in [-0.2, 0) is 0 Å². The van der Waals surface area contributed by atoms with Crippen LogP contribution in [0.3, 0.4) is 0 Å². The molecule has 0 spiro atoms. The summed E-state index contributed by atoms with van der Waals surface area (Å²) in [7, 11) is 3.35. The van der Waals surface area contributed by atoms with E-state index in [1.54, 1.807) is 14.1 Å². The standard InChI is InChI=1S/C8H17N3O2/c1-11(2)7(12)10-6-8(13)3-4-9-5-8/h9,13H,3-6H2,1-2H3,(H,10,12). The van der Waals surface area contributed by atoms with Gasteiger partial charge in [-0.2, -0.15) is 0 Å². The molecule has 1 atom stereocenters. The zero-order valence-electron chi connectivity index (χ0n) is 8.13. The molecule has 5 heteroatoms. The number of aliphatic hydroxyl groups is 1. The fraction of sp³-hybridized carbons (Fsp3) is 0.875.